The number of likely N-dealkylation sites (N-methyl/N-ethyl adjacent to an activating group) is 4. The Morgan fingerprint density at radius 2 is 0.720 bits per heavy atom. The fraction of sp³-hybridized carbons (Fsp3) is 0.150. The van der Waals surface area contributed by atoms with Crippen LogP contribution in [0.3, 0.4) is 0 Å². The molecule has 0 fully saturated rings. The highest BCUT2D eigenvalue weighted by Crippen LogP contribution is 2.35. The van der Waals surface area contributed by atoms with Gasteiger partial charge in [0.05, 0.1) is 92.6 Å². The normalized spacial score (nSPS) is 11.7. The number of rotatable bonds is 17. The van der Waals surface area contributed by atoms with Crippen LogP contribution in [0, 0.1) is 87.8 Å². The van der Waals surface area contributed by atoms with Gasteiger partial charge in [-0.2, -0.15) is 0 Å². The van der Waals surface area contributed by atoms with Gasteiger partial charge in [0.25, 0.3) is 0 Å². The number of aromatic nitrogens is 17. The number of pyridine rings is 11. The molecule has 16 aromatic heterocycles. The molecule has 0 saturated carbocycles. The first-order chi connectivity index (χ1) is 69.4. The summed E-state index contributed by atoms with van der Waals surface area (Å²) in [4.78, 5) is 105. The van der Waals surface area contributed by atoms with Crippen LogP contribution in [0.5, 0.6) is 0 Å². The van der Waals surface area contributed by atoms with Gasteiger partial charge in [0.15, 0.2) is 0 Å². The number of hydrogen-bond acceptors (Lipinski definition) is 20. The van der Waals surface area contributed by atoms with Crippen LogP contribution in [0.15, 0.2) is 286 Å². The van der Waals surface area contributed by atoms with Crippen molar-refractivity contribution in [2.24, 2.45) is 0 Å². The number of nitrogens with zero attached hydrogens (tertiary/aromatic N) is 17. The summed E-state index contributed by atoms with van der Waals surface area (Å²) in [7, 11) is 6.94. The summed E-state index contributed by atoms with van der Waals surface area (Å²) in [6.07, 6.45) is 16.5. The topological polar surface area (TPSA) is 342 Å². The molecule has 143 heavy (non-hydrogen) atoms. The number of amides is 4. The molecule has 0 unspecified atom stereocenters. The van der Waals surface area contributed by atoms with Gasteiger partial charge in [0, 0.05) is 128 Å². The first-order valence-electron chi connectivity index (χ1n) is 46.1. The number of aryl methyl sites for hydroxylation is 5. The number of carbonyl (C=O) groups is 4. The molecule has 20 aromatic rings. The Hall–Kier alpha value is -18.4. The van der Waals surface area contributed by atoms with E-state index >= 15 is 0 Å². The quantitative estimate of drug-likeness (QED) is 0.0393. The average molecular weight is 1890 g/mol. The minimum absolute atomic E-state index is 0.167. The van der Waals surface area contributed by atoms with Crippen LogP contribution >= 0.6 is 0 Å². The number of benzene rings is 4. The summed E-state index contributed by atoms with van der Waals surface area (Å²) in [5.74, 6) is 26.5. The summed E-state index contributed by atoms with van der Waals surface area (Å²) >= 11 is 0. The molecule has 29 nitrogen and oxygen atoms in total. The minimum atomic E-state index is -0.386. The molecule has 30 heteroatoms. The summed E-state index contributed by atoms with van der Waals surface area (Å²) in [5, 5.41) is 26.2. The SMILES string of the molecule is CN[C@@H](C)C(=O)Nc1ccc(-c2c(C)nc3cc(F)ccn23)c(C#Cc2ccc3ncccc3c2)n1.CN[C@@H](C)C(=O)Nc1ccc(-c2c(C)nc3ccccn23)c(C#Cc2ccc(-n3ccnc3)cc2)n1.CN[C@@H](C)C(=O)Nc1ccc(-c2c(C)nc3ccccn23)c(C#Cc2ccc3nc(C)ccc3c2)n1.CN[C@@H](C)C(=O)Nc1ccc(-c2c(C)nc3ccccn23)c(C#Cc2cccc3ncccc23)n1. The molecule has 0 aliphatic carbocycles. The first-order valence-corrected chi connectivity index (χ1v) is 46.1. The summed E-state index contributed by atoms with van der Waals surface area (Å²) < 4.78 is 23.6. The maximum absolute atomic E-state index is 13.8. The van der Waals surface area contributed by atoms with Crippen molar-refractivity contribution in [2.75, 3.05) is 49.5 Å². The average Bonchev–Trinajstić information content (AvgIpc) is 1.61. The molecule has 16 heterocycles. The van der Waals surface area contributed by atoms with Gasteiger partial charge in [-0.1, -0.05) is 66.1 Å². The molecule has 4 atom stereocenters. The van der Waals surface area contributed by atoms with Crippen molar-refractivity contribution in [3.8, 4) is 98.1 Å². The van der Waals surface area contributed by atoms with E-state index in [2.05, 4.69) is 125 Å². The van der Waals surface area contributed by atoms with E-state index in [4.69, 9.17) is 24.9 Å². The standard InChI is InChI=1S/C29H26N6O.C28H23FN6O.C28H25N7O.C28H24N6O/c1-18-8-11-22-17-21(9-13-24(22)31-18)10-14-25-23(12-15-26(33-25)34-29(36)20(3)30-4)28-19(2)32-27-7-5-6-16-35(27)28;1-17-27(35-14-12-21(29)16-26(35)32-17)22-8-11-25(34-28(36)18(2)30-3)33-24(22)10-7-19-6-9-23-20(15-19)5-4-13-31-23;1-19-27(35-16-5-4-6-26(35)31-19)23-12-14-25(33-28(36)20(2)29-3)32-24(23)13-9-21-7-10-22(11-8-21)34-17-15-30-18-34;1-18-27(34-17-5-4-11-26(34)31-18)22-13-15-25(33-28(35)19(2)29-3)32-24(22)14-12-20-8-6-10-23-21(20)9-7-16-30-23/h5-9,11-13,15-17,20,30H,1-4H3,(H,33,34,36);4-6,8-9,11-16,18,30H,1-3H3,(H,33,34,36);4-8,10-12,14-18,20,29H,1-3H3,(H,32,33,36);4-11,13,15-17,19,29H,1-3H3,(H,32,33,35)/t20-;18-;20-;19-/m0000/s1. The number of fused-ring (bicyclic) bond motifs is 7. The van der Waals surface area contributed by atoms with Gasteiger partial charge in [-0.05, 0) is 296 Å². The number of imidazole rings is 5. The van der Waals surface area contributed by atoms with Gasteiger partial charge in [-0.25, -0.2) is 49.2 Å². The summed E-state index contributed by atoms with van der Waals surface area (Å²) in [5.41, 5.74) is 23.3. The van der Waals surface area contributed by atoms with E-state index < -0.39 is 0 Å². The van der Waals surface area contributed by atoms with E-state index in [1.165, 1.54) is 12.1 Å². The van der Waals surface area contributed by atoms with E-state index in [0.717, 1.165) is 145 Å². The Morgan fingerprint density at radius 3 is 1.16 bits per heavy atom. The smallest absolute Gasteiger partial charge is 0.242 e. The molecule has 0 aliphatic rings. The summed E-state index contributed by atoms with van der Waals surface area (Å²) in [6, 6.07) is 71.1. The molecule has 0 radical (unpaired) electrons. The molecule has 8 N–H and O–H groups in total. The van der Waals surface area contributed by atoms with Crippen LogP contribution < -0.4 is 42.5 Å². The monoisotopic (exact) mass is 1890 g/mol. The molecular weight excluding hydrogens is 1790 g/mol. The third-order valence-corrected chi connectivity index (χ3v) is 23.8. The van der Waals surface area contributed by atoms with Crippen LogP contribution in [0.4, 0.5) is 27.7 Å². The lowest BCUT2D eigenvalue weighted by atomic mass is 10.1. The van der Waals surface area contributed by atoms with Crippen molar-refractivity contribution < 1.29 is 23.6 Å². The zero-order chi connectivity index (χ0) is 99.9. The van der Waals surface area contributed by atoms with Gasteiger partial charge in [0.1, 0.15) is 74.5 Å². The molecule has 4 aromatic carbocycles. The second-order valence-corrected chi connectivity index (χ2v) is 33.6. The Morgan fingerprint density at radius 1 is 0.322 bits per heavy atom. The van der Waals surface area contributed by atoms with E-state index in [1.807, 2.05) is 276 Å². The molecule has 0 spiro atoms. The highest BCUT2D eigenvalue weighted by Gasteiger charge is 2.25. The Labute approximate surface area is 823 Å². The van der Waals surface area contributed by atoms with Crippen LogP contribution in [0.2, 0.25) is 0 Å². The minimum Gasteiger partial charge on any atom is -0.309 e. The lowest BCUT2D eigenvalue weighted by Crippen LogP contribution is -2.35. The molecule has 0 bridgehead atoms. The van der Waals surface area contributed by atoms with Crippen LogP contribution in [-0.4, -0.2) is 158 Å². The first kappa shape index (κ1) is 96.3. The molecule has 20 rings (SSSR count). The van der Waals surface area contributed by atoms with E-state index in [0.29, 0.717) is 57.4 Å². The lowest BCUT2D eigenvalue weighted by molar-refractivity contribution is -0.118. The predicted octanol–water partition coefficient (Wildman–Crippen LogP) is 16.9. The zero-order valence-electron chi connectivity index (χ0n) is 80.6. The van der Waals surface area contributed by atoms with Crippen LogP contribution in [0.1, 0.15) is 101 Å². The van der Waals surface area contributed by atoms with Crippen molar-refractivity contribution in [1.29, 1.82) is 0 Å². The molecular formula is C113H98FN25O4. The van der Waals surface area contributed by atoms with Crippen molar-refractivity contribution in [3.63, 3.8) is 0 Å². The van der Waals surface area contributed by atoms with Gasteiger partial charge >= 0.3 is 0 Å². The Balaban J connectivity index is 0.000000131. The van der Waals surface area contributed by atoms with Crippen molar-refractivity contribution >= 4 is 102 Å². The van der Waals surface area contributed by atoms with Gasteiger partial charge < -0.3 is 47.1 Å². The zero-order valence-corrected chi connectivity index (χ0v) is 80.6. The predicted molar refractivity (Wildman–Crippen MR) is 559 cm³/mol. The molecule has 706 valence electrons. The fourth-order valence-corrected chi connectivity index (χ4v) is 15.8. The number of carbonyl (C=O) groups excluding carboxylic acids is 4. The second kappa shape index (κ2) is 43.5. The number of nitrogens with one attached hydrogen (secondary N) is 8. The van der Waals surface area contributed by atoms with Crippen molar-refractivity contribution in [3.05, 3.63) is 366 Å². The molecule has 0 saturated heterocycles. The third-order valence-electron chi connectivity index (χ3n) is 23.8. The van der Waals surface area contributed by atoms with Crippen LogP contribution in [0.25, 0.3) is 106 Å². The summed E-state index contributed by atoms with van der Waals surface area (Å²) in [6.45, 7) is 16.9. The number of anilines is 4. The van der Waals surface area contributed by atoms with Gasteiger partial charge in [0.2, 0.25) is 23.6 Å². The Bertz CT molecular complexity index is 8550. The van der Waals surface area contributed by atoms with E-state index in [1.54, 1.807) is 111 Å². The molecule has 4 amide bonds. The number of halogens is 1. The highest BCUT2D eigenvalue weighted by molar-refractivity contribution is 5.97. The van der Waals surface area contributed by atoms with Crippen LogP contribution in [-0.2, 0) is 19.2 Å². The maximum atomic E-state index is 13.8. The van der Waals surface area contributed by atoms with Crippen molar-refractivity contribution in [1.82, 2.24) is 103 Å². The second-order valence-electron chi connectivity index (χ2n) is 33.6. The van der Waals surface area contributed by atoms with Gasteiger partial charge in [-0.3, -0.25) is 51.7 Å². The van der Waals surface area contributed by atoms with Gasteiger partial charge in [-0.15, -0.1) is 0 Å². The third kappa shape index (κ3) is 22.1. The number of hydrogen-bond donors (Lipinski definition) is 8. The Kier molecular flexibility index (Phi) is 29.3. The maximum Gasteiger partial charge on any atom is 0.242 e. The molecule has 0 aliphatic heterocycles. The largest absolute Gasteiger partial charge is 0.309 e. The van der Waals surface area contributed by atoms with E-state index in [-0.39, 0.29) is 53.6 Å². The highest BCUT2D eigenvalue weighted by atomic mass is 19.1. The lowest BCUT2D eigenvalue weighted by Gasteiger charge is -2.12. The van der Waals surface area contributed by atoms with E-state index in [9.17, 15) is 23.6 Å². The van der Waals surface area contributed by atoms with Crippen molar-refractivity contribution in [2.45, 2.75) is 86.5 Å². The fourth-order valence-electron chi connectivity index (χ4n) is 15.8.